The van der Waals surface area contributed by atoms with Gasteiger partial charge in [0.1, 0.15) is 6.54 Å². The lowest BCUT2D eigenvalue weighted by molar-refractivity contribution is -0.137. The monoisotopic (exact) mass is 251 g/mol. The van der Waals surface area contributed by atoms with Gasteiger partial charge in [0.15, 0.2) is 0 Å². The lowest BCUT2D eigenvalue weighted by Gasteiger charge is -2.18. The van der Waals surface area contributed by atoms with E-state index in [0.717, 1.165) is 12.8 Å². The number of carbonyl (C=O) groups excluding carboxylic acids is 1. The van der Waals surface area contributed by atoms with Crippen LogP contribution in [0.3, 0.4) is 0 Å². The van der Waals surface area contributed by atoms with Crippen LogP contribution in [0.2, 0.25) is 0 Å². The number of carbonyl (C=O) groups is 2. The maximum Gasteiger partial charge on any atom is 0.318 e. The number of hydrogen-bond donors (Lipinski definition) is 3. The smallest absolute Gasteiger partial charge is 0.318 e. The first-order valence-corrected chi connectivity index (χ1v) is 6.03. The highest BCUT2D eigenvalue weighted by atomic mass is 32.2. The van der Waals surface area contributed by atoms with Crippen LogP contribution < -0.4 is 10.5 Å². The zero-order valence-corrected chi connectivity index (χ0v) is 9.24. The Labute approximate surface area is 92.6 Å². The van der Waals surface area contributed by atoms with Crippen molar-refractivity contribution in [1.29, 1.82) is 0 Å². The molecule has 4 N–H and O–H groups in total. The minimum atomic E-state index is -3.95. The Morgan fingerprint density at radius 2 is 1.94 bits per heavy atom. The van der Waals surface area contributed by atoms with Crippen LogP contribution in [0, 0.1) is 0 Å². The largest absolute Gasteiger partial charge is 0.480 e. The van der Waals surface area contributed by atoms with Gasteiger partial charge in [-0.15, -0.1) is 0 Å². The van der Waals surface area contributed by atoms with Gasteiger partial charge in [0.2, 0.25) is 5.91 Å². The summed E-state index contributed by atoms with van der Waals surface area (Å²) in [5.41, 5.74) is 4.85. The minimum absolute atomic E-state index is 0.158. The first-order chi connectivity index (χ1) is 7.31. The van der Waals surface area contributed by atoms with E-state index in [1.807, 2.05) is 0 Å². The molecule has 0 aromatic heterocycles. The number of primary amides is 1. The molecule has 0 aliphatic heterocycles. The Hall–Kier alpha value is -1.19. The van der Waals surface area contributed by atoms with Crippen LogP contribution in [0.1, 0.15) is 12.8 Å². The molecule has 0 aromatic carbocycles. The molecule has 92 valence electrons. The molecule has 0 bridgehead atoms. The Balaban J connectivity index is 2.71. The Morgan fingerprint density at radius 1 is 1.38 bits per heavy atom. The van der Waals surface area contributed by atoms with Crippen molar-refractivity contribution >= 4 is 22.1 Å². The highest BCUT2D eigenvalue weighted by Crippen LogP contribution is 2.20. The Morgan fingerprint density at radius 3 is 2.31 bits per heavy atom. The van der Waals surface area contributed by atoms with Gasteiger partial charge >= 0.3 is 5.97 Å². The van der Waals surface area contributed by atoms with Gasteiger partial charge in [-0.3, -0.25) is 9.59 Å². The molecule has 9 heteroatoms. The van der Waals surface area contributed by atoms with Gasteiger partial charge in [0, 0.05) is 6.04 Å². The quantitative estimate of drug-likeness (QED) is 0.475. The number of carboxylic acid groups (broad SMARTS) is 1. The third-order valence-electron chi connectivity index (χ3n) is 1.88. The number of carboxylic acids is 1. The number of hydrogen-bond acceptors (Lipinski definition) is 4. The molecule has 0 unspecified atom stereocenters. The summed E-state index contributed by atoms with van der Waals surface area (Å²) >= 11 is 0. The van der Waals surface area contributed by atoms with Gasteiger partial charge in [0.25, 0.3) is 10.2 Å². The van der Waals surface area contributed by atoms with Crippen molar-refractivity contribution < 1.29 is 23.1 Å². The van der Waals surface area contributed by atoms with Crippen LogP contribution in [0.15, 0.2) is 0 Å². The van der Waals surface area contributed by atoms with E-state index < -0.39 is 35.2 Å². The first-order valence-electron chi connectivity index (χ1n) is 4.59. The first kappa shape index (κ1) is 12.9. The summed E-state index contributed by atoms with van der Waals surface area (Å²) in [6.45, 7) is -1.43. The van der Waals surface area contributed by atoms with Gasteiger partial charge in [-0.25, -0.2) is 0 Å². The van der Waals surface area contributed by atoms with E-state index in [9.17, 15) is 18.0 Å². The molecule has 0 aromatic rings. The fourth-order valence-electron chi connectivity index (χ4n) is 1.04. The second-order valence-electron chi connectivity index (χ2n) is 3.53. The summed E-state index contributed by atoms with van der Waals surface area (Å²) in [4.78, 5) is 21.1. The van der Waals surface area contributed by atoms with E-state index in [0.29, 0.717) is 4.31 Å². The molecule has 1 aliphatic rings. The third-order valence-corrected chi connectivity index (χ3v) is 3.45. The zero-order valence-electron chi connectivity index (χ0n) is 8.42. The molecule has 0 spiro atoms. The molecular formula is C7H13N3O5S. The maximum atomic E-state index is 11.6. The summed E-state index contributed by atoms with van der Waals surface area (Å²) in [5.74, 6) is -2.25. The van der Waals surface area contributed by atoms with Crippen molar-refractivity contribution in [2.75, 3.05) is 13.1 Å². The van der Waals surface area contributed by atoms with Gasteiger partial charge in [-0.1, -0.05) is 0 Å². The lowest BCUT2D eigenvalue weighted by atomic mass is 10.5. The number of nitrogens with zero attached hydrogens (tertiary/aromatic N) is 1. The van der Waals surface area contributed by atoms with E-state index in [-0.39, 0.29) is 6.04 Å². The third kappa shape index (κ3) is 4.13. The van der Waals surface area contributed by atoms with Gasteiger partial charge in [0.05, 0.1) is 6.54 Å². The standard InChI is InChI=1S/C7H13N3O5S/c8-6(11)3-10(4-7(12)13)16(14,15)9-5-1-2-5/h5,9H,1-4H2,(H2,8,11)(H,12,13). The fraction of sp³-hybridized carbons (Fsp3) is 0.714. The Kier molecular flexibility index (Phi) is 3.83. The molecule has 0 atom stereocenters. The molecule has 8 nitrogen and oxygen atoms in total. The summed E-state index contributed by atoms with van der Waals surface area (Å²) < 4.78 is 26.0. The van der Waals surface area contributed by atoms with Gasteiger partial charge < -0.3 is 10.8 Å². The summed E-state index contributed by atoms with van der Waals surface area (Å²) in [6.07, 6.45) is 1.44. The number of amides is 1. The highest BCUT2D eigenvalue weighted by Gasteiger charge is 2.32. The van der Waals surface area contributed by atoms with Gasteiger partial charge in [-0.2, -0.15) is 17.4 Å². The minimum Gasteiger partial charge on any atom is -0.480 e. The molecular weight excluding hydrogens is 238 g/mol. The summed E-state index contributed by atoms with van der Waals surface area (Å²) in [5, 5.41) is 8.52. The molecule has 1 aliphatic carbocycles. The van der Waals surface area contributed by atoms with Crippen molar-refractivity contribution in [3.05, 3.63) is 0 Å². The zero-order chi connectivity index (χ0) is 12.3. The molecule has 0 heterocycles. The second kappa shape index (κ2) is 4.76. The van der Waals surface area contributed by atoms with Crippen molar-refractivity contribution in [2.45, 2.75) is 18.9 Å². The summed E-state index contributed by atoms with van der Waals surface area (Å²) in [6, 6.07) is -0.158. The molecule has 1 amide bonds. The molecule has 1 rings (SSSR count). The van der Waals surface area contributed by atoms with Crippen LogP contribution >= 0.6 is 0 Å². The van der Waals surface area contributed by atoms with E-state index in [4.69, 9.17) is 10.8 Å². The highest BCUT2D eigenvalue weighted by molar-refractivity contribution is 7.87. The fourth-order valence-corrected chi connectivity index (χ4v) is 2.42. The number of rotatable bonds is 7. The Bertz CT molecular complexity index is 373. The van der Waals surface area contributed by atoms with E-state index in [1.165, 1.54) is 0 Å². The molecule has 0 saturated heterocycles. The van der Waals surface area contributed by atoms with Crippen molar-refractivity contribution in [2.24, 2.45) is 5.73 Å². The predicted molar refractivity (Wildman–Crippen MR) is 53.5 cm³/mol. The molecule has 1 saturated carbocycles. The van der Waals surface area contributed by atoms with Crippen molar-refractivity contribution in [3.63, 3.8) is 0 Å². The van der Waals surface area contributed by atoms with Crippen LogP contribution in [0.5, 0.6) is 0 Å². The van der Waals surface area contributed by atoms with Crippen molar-refractivity contribution in [3.8, 4) is 0 Å². The molecule has 16 heavy (non-hydrogen) atoms. The van der Waals surface area contributed by atoms with Crippen LogP contribution in [0.25, 0.3) is 0 Å². The van der Waals surface area contributed by atoms with Gasteiger partial charge in [-0.05, 0) is 12.8 Å². The molecule has 0 radical (unpaired) electrons. The van der Waals surface area contributed by atoms with Crippen molar-refractivity contribution in [1.82, 2.24) is 9.03 Å². The number of aliphatic carboxylic acids is 1. The number of nitrogens with one attached hydrogen (secondary N) is 1. The maximum absolute atomic E-state index is 11.6. The number of nitrogens with two attached hydrogens (primary N) is 1. The molecule has 1 fully saturated rings. The lowest BCUT2D eigenvalue weighted by Crippen LogP contribution is -2.47. The SMILES string of the molecule is NC(=O)CN(CC(=O)O)S(=O)(=O)NC1CC1. The topological polar surface area (TPSA) is 130 Å². The van der Waals surface area contributed by atoms with Crippen LogP contribution in [-0.2, 0) is 19.8 Å². The van der Waals surface area contributed by atoms with E-state index in [2.05, 4.69) is 4.72 Å². The average Bonchev–Trinajstić information content (AvgIpc) is 2.84. The normalized spacial score (nSPS) is 16.3. The van der Waals surface area contributed by atoms with E-state index in [1.54, 1.807) is 0 Å². The van der Waals surface area contributed by atoms with Crippen LogP contribution in [0.4, 0.5) is 0 Å². The van der Waals surface area contributed by atoms with E-state index >= 15 is 0 Å². The predicted octanol–water partition coefficient (Wildman–Crippen LogP) is -2.14. The average molecular weight is 251 g/mol. The summed E-state index contributed by atoms with van der Waals surface area (Å²) in [7, 11) is -3.95. The van der Waals surface area contributed by atoms with Crippen LogP contribution in [-0.4, -0.2) is 48.8 Å². The second-order valence-corrected chi connectivity index (χ2v) is 5.23.